The van der Waals surface area contributed by atoms with Gasteiger partial charge in [-0.25, -0.2) is 4.39 Å². The second kappa shape index (κ2) is 10.1. The zero-order chi connectivity index (χ0) is 25.2. The van der Waals surface area contributed by atoms with Gasteiger partial charge in [0.25, 0.3) is 0 Å². The molecule has 0 aliphatic heterocycles. The minimum Gasteiger partial charge on any atom is -0.508 e. The van der Waals surface area contributed by atoms with Crippen LogP contribution in [0.15, 0.2) is 54.7 Å². The van der Waals surface area contributed by atoms with Gasteiger partial charge in [-0.1, -0.05) is 45.0 Å². The molecule has 3 aromatic rings. The van der Waals surface area contributed by atoms with Crippen molar-refractivity contribution in [2.45, 2.75) is 59.0 Å². The maximum Gasteiger partial charge on any atom is 0.303 e. The Kier molecular flexibility index (Phi) is 7.10. The molecule has 0 spiro atoms. The maximum absolute atomic E-state index is 14.6. The van der Waals surface area contributed by atoms with Crippen LogP contribution in [0.1, 0.15) is 62.6 Å². The number of carboxylic acids is 1. The third kappa shape index (κ3) is 6.59. The van der Waals surface area contributed by atoms with Crippen molar-refractivity contribution in [2.24, 2.45) is 11.3 Å². The number of hydrogen-bond acceptors (Lipinski definition) is 4. The standard InChI is InChI=1S/C29H32FNO4/c1-29(2,3)15-21-12-23(16-31-28(21)25-13-22(32)9-10-26(25)30)35-17-18-5-4-6-20(11-18)24(14-27(33)34)19-7-8-19/h4-6,9-13,16,19,24,32H,7-8,14-15,17H2,1-3H3,(H,33,34). The Morgan fingerprint density at radius 2 is 1.94 bits per heavy atom. The van der Waals surface area contributed by atoms with E-state index in [4.69, 9.17) is 4.74 Å². The largest absolute Gasteiger partial charge is 0.508 e. The topological polar surface area (TPSA) is 79.7 Å². The number of aromatic nitrogens is 1. The van der Waals surface area contributed by atoms with Crippen LogP contribution in [-0.4, -0.2) is 21.2 Å². The Labute approximate surface area is 205 Å². The lowest BCUT2D eigenvalue weighted by molar-refractivity contribution is -0.137. The van der Waals surface area contributed by atoms with E-state index in [1.165, 1.54) is 18.2 Å². The fourth-order valence-corrected chi connectivity index (χ4v) is 4.53. The van der Waals surface area contributed by atoms with Gasteiger partial charge in [0.2, 0.25) is 0 Å². The number of pyridine rings is 1. The molecule has 1 aliphatic rings. The summed E-state index contributed by atoms with van der Waals surface area (Å²) in [5.41, 5.74) is 3.51. The van der Waals surface area contributed by atoms with Crippen LogP contribution in [0.4, 0.5) is 4.39 Å². The number of hydrogen-bond donors (Lipinski definition) is 2. The van der Waals surface area contributed by atoms with Gasteiger partial charge in [-0.2, -0.15) is 0 Å². The van der Waals surface area contributed by atoms with Gasteiger partial charge in [-0.05, 0) is 77.5 Å². The van der Waals surface area contributed by atoms with E-state index in [0.29, 0.717) is 30.4 Å². The van der Waals surface area contributed by atoms with Gasteiger partial charge >= 0.3 is 5.97 Å². The number of phenolic OH excluding ortho intramolecular Hbond substituents is 1. The third-order valence-corrected chi connectivity index (χ3v) is 6.24. The second-order valence-corrected chi connectivity index (χ2v) is 10.7. The fraction of sp³-hybridized carbons (Fsp3) is 0.379. The van der Waals surface area contributed by atoms with Crippen LogP contribution in [-0.2, 0) is 17.8 Å². The highest BCUT2D eigenvalue weighted by molar-refractivity contribution is 5.68. The molecule has 1 heterocycles. The van der Waals surface area contributed by atoms with Crippen LogP contribution < -0.4 is 4.74 Å². The van der Waals surface area contributed by atoms with E-state index < -0.39 is 11.8 Å². The molecule has 6 heteroatoms. The predicted molar refractivity (Wildman–Crippen MR) is 133 cm³/mol. The summed E-state index contributed by atoms with van der Waals surface area (Å²) in [4.78, 5) is 15.9. The molecule has 0 saturated heterocycles. The van der Waals surface area contributed by atoms with Gasteiger partial charge in [0.05, 0.1) is 18.3 Å². The monoisotopic (exact) mass is 477 g/mol. The van der Waals surface area contributed by atoms with Crippen LogP contribution in [0.25, 0.3) is 11.3 Å². The predicted octanol–water partition coefficient (Wildman–Crippen LogP) is 6.73. The van der Waals surface area contributed by atoms with E-state index in [0.717, 1.165) is 29.5 Å². The van der Waals surface area contributed by atoms with Crippen molar-refractivity contribution in [1.29, 1.82) is 0 Å². The van der Waals surface area contributed by atoms with Crippen molar-refractivity contribution in [3.63, 3.8) is 0 Å². The Hall–Kier alpha value is -3.41. The zero-order valence-corrected chi connectivity index (χ0v) is 20.4. The van der Waals surface area contributed by atoms with Gasteiger partial charge in [-0.3, -0.25) is 9.78 Å². The van der Waals surface area contributed by atoms with E-state index in [1.54, 1.807) is 6.20 Å². The molecule has 35 heavy (non-hydrogen) atoms. The number of phenols is 1. The van der Waals surface area contributed by atoms with Gasteiger partial charge in [-0.15, -0.1) is 0 Å². The van der Waals surface area contributed by atoms with Crippen molar-refractivity contribution in [3.8, 4) is 22.8 Å². The van der Waals surface area contributed by atoms with E-state index in [1.807, 2.05) is 30.3 Å². The number of aromatic hydroxyl groups is 1. The molecule has 4 rings (SSSR count). The highest BCUT2D eigenvalue weighted by atomic mass is 19.1. The first-order valence-electron chi connectivity index (χ1n) is 12.0. The highest BCUT2D eigenvalue weighted by Crippen LogP contribution is 2.44. The van der Waals surface area contributed by atoms with E-state index in [2.05, 4.69) is 25.8 Å². The van der Waals surface area contributed by atoms with Gasteiger partial charge in [0.15, 0.2) is 0 Å². The van der Waals surface area contributed by atoms with Crippen molar-refractivity contribution < 1.29 is 24.1 Å². The molecule has 1 aromatic heterocycles. The Bertz CT molecular complexity index is 1210. The number of aliphatic carboxylic acids is 1. The van der Waals surface area contributed by atoms with Crippen LogP contribution in [0.5, 0.6) is 11.5 Å². The number of carboxylic acid groups (broad SMARTS) is 1. The second-order valence-electron chi connectivity index (χ2n) is 10.7. The summed E-state index contributed by atoms with van der Waals surface area (Å²) in [6.45, 7) is 6.61. The number of halogens is 1. The minimum atomic E-state index is -0.774. The van der Waals surface area contributed by atoms with Crippen molar-refractivity contribution in [2.75, 3.05) is 0 Å². The molecule has 0 bridgehead atoms. The molecule has 0 amide bonds. The number of rotatable bonds is 9. The molecule has 2 N–H and O–H groups in total. The zero-order valence-electron chi connectivity index (χ0n) is 20.4. The number of benzene rings is 2. The minimum absolute atomic E-state index is 0.0162. The van der Waals surface area contributed by atoms with Crippen molar-refractivity contribution in [3.05, 3.63) is 77.2 Å². The van der Waals surface area contributed by atoms with E-state index in [-0.39, 0.29) is 29.1 Å². The molecule has 2 aromatic carbocycles. The normalized spacial score (nSPS) is 14.5. The number of carbonyl (C=O) groups is 1. The lowest BCUT2D eigenvalue weighted by Crippen LogP contribution is -2.11. The first-order chi connectivity index (χ1) is 16.6. The van der Waals surface area contributed by atoms with Crippen LogP contribution >= 0.6 is 0 Å². The highest BCUT2D eigenvalue weighted by Gasteiger charge is 2.33. The molecule has 1 saturated carbocycles. The average Bonchev–Trinajstić information content (AvgIpc) is 3.62. The van der Waals surface area contributed by atoms with Crippen molar-refractivity contribution in [1.82, 2.24) is 4.98 Å². The molecular weight excluding hydrogens is 445 g/mol. The summed E-state index contributed by atoms with van der Waals surface area (Å²) in [5, 5.41) is 19.2. The fourth-order valence-electron chi connectivity index (χ4n) is 4.53. The van der Waals surface area contributed by atoms with Crippen LogP contribution in [0, 0.1) is 17.2 Å². The first-order valence-corrected chi connectivity index (χ1v) is 12.0. The Balaban J connectivity index is 1.56. The summed E-state index contributed by atoms with van der Waals surface area (Å²) < 4.78 is 20.6. The number of nitrogens with zero attached hydrogens (tertiary/aromatic N) is 1. The molecular formula is C29H32FNO4. The molecule has 1 unspecified atom stereocenters. The molecule has 1 atom stereocenters. The molecule has 0 radical (unpaired) electrons. The maximum atomic E-state index is 14.6. The summed E-state index contributed by atoms with van der Waals surface area (Å²) in [5.74, 6) is -0.187. The van der Waals surface area contributed by atoms with Crippen molar-refractivity contribution >= 4 is 5.97 Å². The lowest BCUT2D eigenvalue weighted by atomic mass is 9.86. The van der Waals surface area contributed by atoms with Gasteiger partial charge in [0, 0.05) is 5.56 Å². The third-order valence-electron chi connectivity index (χ3n) is 6.24. The quantitative estimate of drug-likeness (QED) is 0.357. The smallest absolute Gasteiger partial charge is 0.303 e. The summed E-state index contributed by atoms with van der Waals surface area (Å²) >= 11 is 0. The summed E-state index contributed by atoms with van der Waals surface area (Å²) in [6.07, 6.45) is 4.52. The summed E-state index contributed by atoms with van der Waals surface area (Å²) in [6, 6.07) is 13.8. The van der Waals surface area contributed by atoms with Crippen LogP contribution in [0.2, 0.25) is 0 Å². The number of ether oxygens (including phenoxy) is 1. The molecule has 184 valence electrons. The first kappa shape index (κ1) is 24.7. The van der Waals surface area contributed by atoms with E-state index >= 15 is 0 Å². The lowest BCUT2D eigenvalue weighted by Gasteiger charge is -2.21. The SMILES string of the molecule is CC(C)(C)Cc1cc(OCc2cccc(C(CC(=O)O)C3CC3)c2)cnc1-c1cc(O)ccc1F. The van der Waals surface area contributed by atoms with Gasteiger partial charge in [0.1, 0.15) is 23.9 Å². The average molecular weight is 478 g/mol. The van der Waals surface area contributed by atoms with Crippen LogP contribution in [0.3, 0.4) is 0 Å². The molecule has 5 nitrogen and oxygen atoms in total. The summed E-state index contributed by atoms with van der Waals surface area (Å²) in [7, 11) is 0. The Morgan fingerprint density at radius 3 is 2.63 bits per heavy atom. The van der Waals surface area contributed by atoms with Gasteiger partial charge < -0.3 is 14.9 Å². The van der Waals surface area contributed by atoms with E-state index in [9.17, 15) is 19.4 Å². The molecule has 1 aliphatic carbocycles. The Morgan fingerprint density at radius 1 is 1.17 bits per heavy atom. The molecule has 1 fully saturated rings.